The third-order valence-corrected chi connectivity index (χ3v) is 6.06. The second-order valence-corrected chi connectivity index (χ2v) is 7.84. The highest BCUT2D eigenvalue weighted by molar-refractivity contribution is 5.95. The molecule has 1 aliphatic rings. The van der Waals surface area contributed by atoms with Gasteiger partial charge in [0.05, 0.1) is 31.1 Å². The predicted octanol–water partition coefficient (Wildman–Crippen LogP) is 2.70. The van der Waals surface area contributed by atoms with Crippen molar-refractivity contribution in [1.29, 1.82) is 0 Å². The minimum Gasteiger partial charge on any atom is -0.496 e. The van der Waals surface area contributed by atoms with Crippen molar-refractivity contribution >= 4 is 16.7 Å². The van der Waals surface area contributed by atoms with E-state index in [2.05, 4.69) is 9.88 Å². The van der Waals surface area contributed by atoms with Gasteiger partial charge in [0, 0.05) is 50.3 Å². The number of aliphatic carboxylic acids is 1. The lowest BCUT2D eigenvalue weighted by Gasteiger charge is -2.41. The van der Waals surface area contributed by atoms with E-state index in [-0.39, 0.29) is 17.5 Å². The van der Waals surface area contributed by atoms with Gasteiger partial charge in [-0.2, -0.15) is 0 Å². The number of methoxy groups -OCH3 is 2. The molecule has 1 atom stereocenters. The van der Waals surface area contributed by atoms with E-state index in [9.17, 15) is 14.7 Å². The molecule has 0 bridgehead atoms. The van der Waals surface area contributed by atoms with Gasteiger partial charge in [-0.15, -0.1) is 0 Å². The van der Waals surface area contributed by atoms with Gasteiger partial charge >= 0.3 is 5.97 Å². The lowest BCUT2D eigenvalue weighted by Crippen LogP contribution is -2.51. The highest BCUT2D eigenvalue weighted by atomic mass is 16.5. The molecule has 0 amide bonds. The summed E-state index contributed by atoms with van der Waals surface area (Å²) in [6, 6.07) is 5.62. The van der Waals surface area contributed by atoms with E-state index in [0.717, 1.165) is 22.1 Å². The monoisotopic (exact) mass is 423 g/mol. The van der Waals surface area contributed by atoms with Gasteiger partial charge in [0.15, 0.2) is 0 Å². The third-order valence-electron chi connectivity index (χ3n) is 6.06. The van der Waals surface area contributed by atoms with E-state index in [1.54, 1.807) is 44.4 Å². The second kappa shape index (κ2) is 8.03. The van der Waals surface area contributed by atoms with Crippen LogP contribution in [0, 0.1) is 5.92 Å². The van der Waals surface area contributed by atoms with Crippen LogP contribution in [-0.4, -0.2) is 52.8 Å². The summed E-state index contributed by atoms with van der Waals surface area (Å²) in [6.45, 7) is 3.00. The molecule has 2 aromatic heterocycles. The molecule has 1 aliphatic heterocycles. The van der Waals surface area contributed by atoms with Crippen molar-refractivity contribution in [2.24, 2.45) is 13.0 Å². The summed E-state index contributed by atoms with van der Waals surface area (Å²) in [5, 5.41) is 10.5. The summed E-state index contributed by atoms with van der Waals surface area (Å²) >= 11 is 0. The maximum atomic E-state index is 12.5. The van der Waals surface area contributed by atoms with E-state index in [1.807, 2.05) is 25.1 Å². The fourth-order valence-corrected chi connectivity index (χ4v) is 4.22. The number of benzene rings is 1. The Bertz CT molecular complexity index is 1190. The van der Waals surface area contributed by atoms with E-state index in [4.69, 9.17) is 9.47 Å². The predicted molar refractivity (Wildman–Crippen MR) is 117 cm³/mol. The van der Waals surface area contributed by atoms with Gasteiger partial charge in [-0.25, -0.2) is 0 Å². The molecule has 162 valence electrons. The van der Waals surface area contributed by atoms with E-state index in [0.29, 0.717) is 30.0 Å². The van der Waals surface area contributed by atoms with Crippen molar-refractivity contribution in [3.05, 3.63) is 52.7 Å². The fourth-order valence-electron chi connectivity index (χ4n) is 4.22. The van der Waals surface area contributed by atoms with Crippen LogP contribution >= 0.6 is 0 Å². The van der Waals surface area contributed by atoms with Crippen LogP contribution in [0.1, 0.15) is 18.5 Å². The molecule has 3 aromatic rings. The molecule has 1 unspecified atom stereocenters. The van der Waals surface area contributed by atoms with Crippen LogP contribution in [0.5, 0.6) is 11.5 Å². The summed E-state index contributed by atoms with van der Waals surface area (Å²) in [5.41, 5.74) is 2.48. The number of carboxylic acid groups (broad SMARTS) is 1. The van der Waals surface area contributed by atoms with Crippen molar-refractivity contribution in [1.82, 2.24) is 14.5 Å². The first-order valence-electron chi connectivity index (χ1n) is 10.0. The Kier molecular flexibility index (Phi) is 5.41. The largest absolute Gasteiger partial charge is 0.496 e. The van der Waals surface area contributed by atoms with E-state index >= 15 is 0 Å². The van der Waals surface area contributed by atoms with Crippen molar-refractivity contribution in [2.45, 2.75) is 13.0 Å². The third kappa shape index (κ3) is 3.53. The number of hydrogen-bond donors (Lipinski definition) is 1. The molecule has 0 aliphatic carbocycles. The molecule has 1 fully saturated rings. The molecule has 0 radical (unpaired) electrons. The van der Waals surface area contributed by atoms with Crippen LogP contribution in [-0.2, 0) is 11.8 Å². The first-order chi connectivity index (χ1) is 14.8. The van der Waals surface area contributed by atoms with Gasteiger partial charge in [-0.3, -0.25) is 19.5 Å². The maximum absolute atomic E-state index is 12.5. The lowest BCUT2D eigenvalue weighted by molar-refractivity contribution is -0.148. The summed E-state index contributed by atoms with van der Waals surface area (Å²) in [7, 11) is 4.92. The molecule has 8 nitrogen and oxygen atoms in total. The van der Waals surface area contributed by atoms with Crippen LogP contribution in [0.15, 0.2) is 41.6 Å². The highest BCUT2D eigenvalue weighted by Crippen LogP contribution is 2.43. The van der Waals surface area contributed by atoms with Crippen molar-refractivity contribution in [3.8, 4) is 22.6 Å². The number of rotatable bonds is 6. The number of nitrogens with zero attached hydrogens (tertiary/aromatic N) is 3. The second-order valence-electron chi connectivity index (χ2n) is 7.84. The Balaban J connectivity index is 1.83. The molecule has 1 N–H and O–H groups in total. The molecule has 1 saturated heterocycles. The number of ether oxygens (including phenoxy) is 2. The molecule has 0 spiro atoms. The first-order valence-corrected chi connectivity index (χ1v) is 10.0. The van der Waals surface area contributed by atoms with Crippen LogP contribution in [0.3, 0.4) is 0 Å². The smallest absolute Gasteiger partial charge is 0.309 e. The number of aromatic nitrogens is 2. The summed E-state index contributed by atoms with van der Waals surface area (Å²) in [6.07, 6.45) is 5.04. The number of hydrogen-bond acceptors (Lipinski definition) is 6. The van der Waals surface area contributed by atoms with E-state index in [1.165, 1.54) is 0 Å². The number of fused-ring (bicyclic) bond motifs is 1. The Morgan fingerprint density at radius 2 is 1.84 bits per heavy atom. The Labute approximate surface area is 179 Å². The van der Waals surface area contributed by atoms with Crippen molar-refractivity contribution in [3.63, 3.8) is 0 Å². The molecule has 4 rings (SSSR count). The molecule has 3 heterocycles. The number of aryl methyl sites for hydroxylation is 1. The zero-order valence-electron chi connectivity index (χ0n) is 18.0. The highest BCUT2D eigenvalue weighted by Gasteiger charge is 2.37. The number of likely N-dealkylation sites (tertiary alicyclic amines) is 1. The van der Waals surface area contributed by atoms with Gasteiger partial charge in [0.2, 0.25) is 0 Å². The average Bonchev–Trinajstić information content (AvgIpc) is 2.73. The van der Waals surface area contributed by atoms with Crippen LogP contribution in [0.25, 0.3) is 21.9 Å². The molecular formula is C23H25N3O5. The number of pyridine rings is 2. The zero-order chi connectivity index (χ0) is 22.3. The first kappa shape index (κ1) is 20.9. The SMILES string of the molecule is COc1cc(-c2cn(C)c(=O)c3cnccc23)cc(OC)c1C(C)N1CC(C(=O)O)C1. The molecule has 31 heavy (non-hydrogen) atoms. The standard InChI is InChI=1S/C23H25N3O5/c1-13(26-10-15(11-26)23(28)29)21-19(30-3)7-14(8-20(21)31-4)18-12-25(2)22(27)17-9-24-6-5-16(17)18/h5-9,12-13,15H,10-11H2,1-4H3,(H,28,29). The van der Waals surface area contributed by atoms with Crippen LogP contribution in [0.4, 0.5) is 0 Å². The van der Waals surface area contributed by atoms with Crippen molar-refractivity contribution < 1.29 is 19.4 Å². The minimum atomic E-state index is -0.770. The fraction of sp³-hybridized carbons (Fsp3) is 0.348. The molecule has 1 aromatic carbocycles. The van der Waals surface area contributed by atoms with E-state index < -0.39 is 5.97 Å². The molecule has 0 saturated carbocycles. The maximum Gasteiger partial charge on any atom is 0.309 e. The Hall–Kier alpha value is -3.39. The Morgan fingerprint density at radius 3 is 2.42 bits per heavy atom. The van der Waals surface area contributed by atoms with Crippen LogP contribution in [0.2, 0.25) is 0 Å². The summed E-state index contributed by atoms with van der Waals surface area (Å²) in [5.74, 6) is 0.187. The summed E-state index contributed by atoms with van der Waals surface area (Å²) < 4.78 is 13.0. The van der Waals surface area contributed by atoms with Gasteiger partial charge in [-0.05, 0) is 36.1 Å². The van der Waals surface area contributed by atoms with Crippen molar-refractivity contribution in [2.75, 3.05) is 27.3 Å². The average molecular weight is 423 g/mol. The quantitative estimate of drug-likeness (QED) is 0.651. The molecular weight excluding hydrogens is 398 g/mol. The van der Waals surface area contributed by atoms with Gasteiger partial charge < -0.3 is 19.1 Å². The Morgan fingerprint density at radius 1 is 1.19 bits per heavy atom. The number of carbonyl (C=O) groups is 1. The normalized spacial score (nSPS) is 15.5. The lowest BCUT2D eigenvalue weighted by atomic mass is 9.92. The van der Waals surface area contributed by atoms with Gasteiger partial charge in [0.1, 0.15) is 11.5 Å². The topological polar surface area (TPSA) is 93.9 Å². The number of carboxylic acids is 1. The zero-order valence-corrected chi connectivity index (χ0v) is 18.0. The van der Waals surface area contributed by atoms with Gasteiger partial charge in [-0.1, -0.05) is 0 Å². The van der Waals surface area contributed by atoms with Gasteiger partial charge in [0.25, 0.3) is 5.56 Å². The minimum absolute atomic E-state index is 0.0735. The summed E-state index contributed by atoms with van der Waals surface area (Å²) in [4.78, 5) is 29.9. The van der Waals surface area contributed by atoms with Crippen LogP contribution < -0.4 is 15.0 Å². The molecule has 8 heteroatoms.